The molecule has 154 valence electrons. The lowest BCUT2D eigenvalue weighted by Gasteiger charge is -2.32. The molecule has 0 bridgehead atoms. The van der Waals surface area contributed by atoms with Gasteiger partial charge in [0.1, 0.15) is 0 Å². The van der Waals surface area contributed by atoms with Crippen LogP contribution < -0.4 is 10.6 Å². The smallest absolute Gasteiger partial charge is 0.319 e. The predicted molar refractivity (Wildman–Crippen MR) is 115 cm³/mol. The van der Waals surface area contributed by atoms with E-state index >= 15 is 0 Å². The van der Waals surface area contributed by atoms with Crippen molar-refractivity contribution in [1.29, 1.82) is 0 Å². The molecule has 4 rings (SSSR count). The molecule has 0 radical (unpaired) electrons. The first kappa shape index (κ1) is 19.7. The van der Waals surface area contributed by atoms with Crippen molar-refractivity contribution >= 4 is 17.6 Å². The SMILES string of the molecule is O=C(Nc1ccccc1)NC1CCN(C(=O)c2ccc(Cn3cccn3)cc2)CC1. The van der Waals surface area contributed by atoms with E-state index in [2.05, 4.69) is 15.7 Å². The number of hydrogen-bond donors (Lipinski definition) is 2. The largest absolute Gasteiger partial charge is 0.338 e. The molecule has 0 atom stereocenters. The molecule has 1 saturated heterocycles. The molecule has 0 spiro atoms. The van der Waals surface area contributed by atoms with E-state index in [-0.39, 0.29) is 18.0 Å². The molecule has 3 amide bonds. The first-order chi connectivity index (χ1) is 14.7. The molecule has 7 nitrogen and oxygen atoms in total. The number of anilines is 1. The number of amides is 3. The van der Waals surface area contributed by atoms with E-state index in [9.17, 15) is 9.59 Å². The molecular weight excluding hydrogens is 378 g/mol. The van der Waals surface area contributed by atoms with Crippen LogP contribution in [-0.2, 0) is 6.54 Å². The molecule has 0 aliphatic carbocycles. The Labute approximate surface area is 175 Å². The summed E-state index contributed by atoms with van der Waals surface area (Å²) < 4.78 is 1.85. The van der Waals surface area contributed by atoms with Gasteiger partial charge in [0, 0.05) is 42.8 Å². The zero-order valence-corrected chi connectivity index (χ0v) is 16.7. The summed E-state index contributed by atoms with van der Waals surface area (Å²) in [6, 6.07) is 18.8. The number of carbonyl (C=O) groups is 2. The summed E-state index contributed by atoms with van der Waals surface area (Å²) in [5.74, 6) is 0.0350. The molecule has 1 fully saturated rings. The van der Waals surface area contributed by atoms with Gasteiger partial charge in [0.15, 0.2) is 0 Å². The minimum absolute atomic E-state index is 0.0350. The molecule has 1 aliphatic heterocycles. The van der Waals surface area contributed by atoms with Crippen molar-refractivity contribution in [2.45, 2.75) is 25.4 Å². The van der Waals surface area contributed by atoms with Crippen LogP contribution in [0.15, 0.2) is 73.1 Å². The monoisotopic (exact) mass is 403 g/mol. The maximum Gasteiger partial charge on any atom is 0.319 e. The maximum absolute atomic E-state index is 12.8. The van der Waals surface area contributed by atoms with Crippen LogP contribution >= 0.6 is 0 Å². The molecular formula is C23H25N5O2. The van der Waals surface area contributed by atoms with Crippen molar-refractivity contribution < 1.29 is 9.59 Å². The molecule has 30 heavy (non-hydrogen) atoms. The number of benzene rings is 2. The van der Waals surface area contributed by atoms with Crippen molar-refractivity contribution in [3.05, 3.63) is 84.2 Å². The van der Waals surface area contributed by atoms with E-state index in [0.717, 1.165) is 24.1 Å². The molecule has 2 aromatic carbocycles. The van der Waals surface area contributed by atoms with Gasteiger partial charge in [0.05, 0.1) is 6.54 Å². The summed E-state index contributed by atoms with van der Waals surface area (Å²) in [7, 11) is 0. The normalized spacial score (nSPS) is 14.3. The summed E-state index contributed by atoms with van der Waals surface area (Å²) in [6.45, 7) is 1.94. The van der Waals surface area contributed by atoms with Crippen molar-refractivity contribution in [2.24, 2.45) is 0 Å². The Morgan fingerprint density at radius 3 is 2.37 bits per heavy atom. The second-order valence-corrected chi connectivity index (χ2v) is 7.43. The Balaban J connectivity index is 1.25. The van der Waals surface area contributed by atoms with Crippen LogP contribution in [0.5, 0.6) is 0 Å². The molecule has 7 heteroatoms. The third kappa shape index (κ3) is 5.05. The molecule has 0 unspecified atom stereocenters. The van der Waals surface area contributed by atoms with E-state index in [1.807, 2.05) is 76.4 Å². The third-order valence-corrected chi connectivity index (χ3v) is 5.25. The van der Waals surface area contributed by atoms with Gasteiger partial charge in [-0.15, -0.1) is 0 Å². The van der Waals surface area contributed by atoms with Crippen molar-refractivity contribution in [2.75, 3.05) is 18.4 Å². The van der Waals surface area contributed by atoms with Gasteiger partial charge >= 0.3 is 6.03 Å². The Kier molecular flexibility index (Phi) is 6.08. The number of hydrogen-bond acceptors (Lipinski definition) is 3. The average molecular weight is 403 g/mol. The summed E-state index contributed by atoms with van der Waals surface area (Å²) in [4.78, 5) is 26.8. The van der Waals surface area contributed by atoms with E-state index in [1.165, 1.54) is 0 Å². The van der Waals surface area contributed by atoms with Crippen molar-refractivity contribution in [3.8, 4) is 0 Å². The van der Waals surface area contributed by atoms with Gasteiger partial charge in [-0.25, -0.2) is 4.79 Å². The van der Waals surface area contributed by atoms with Crippen molar-refractivity contribution in [3.63, 3.8) is 0 Å². The minimum atomic E-state index is -0.209. The van der Waals surface area contributed by atoms with Crippen LogP contribution in [-0.4, -0.2) is 45.8 Å². The number of piperidine rings is 1. The van der Waals surface area contributed by atoms with E-state index in [0.29, 0.717) is 25.2 Å². The highest BCUT2D eigenvalue weighted by Gasteiger charge is 2.24. The van der Waals surface area contributed by atoms with E-state index in [1.54, 1.807) is 6.20 Å². The van der Waals surface area contributed by atoms with Gasteiger partial charge in [0.2, 0.25) is 0 Å². The predicted octanol–water partition coefficient (Wildman–Crippen LogP) is 3.36. The van der Waals surface area contributed by atoms with Gasteiger partial charge in [-0.3, -0.25) is 9.48 Å². The first-order valence-electron chi connectivity index (χ1n) is 10.2. The second kappa shape index (κ2) is 9.26. The van der Waals surface area contributed by atoms with Gasteiger partial charge in [-0.1, -0.05) is 30.3 Å². The zero-order chi connectivity index (χ0) is 20.8. The number of nitrogens with one attached hydrogen (secondary N) is 2. The third-order valence-electron chi connectivity index (χ3n) is 5.25. The fraction of sp³-hybridized carbons (Fsp3) is 0.261. The number of nitrogens with zero attached hydrogens (tertiary/aromatic N) is 3. The Bertz CT molecular complexity index is 963. The van der Waals surface area contributed by atoms with Crippen LogP contribution in [0.2, 0.25) is 0 Å². The fourth-order valence-electron chi connectivity index (χ4n) is 3.62. The standard InChI is InChI=1S/C23H25N5O2/c29-22(19-9-7-18(8-10-19)17-28-14-4-13-24-28)27-15-11-21(12-16-27)26-23(30)25-20-5-2-1-3-6-20/h1-10,13-14,21H,11-12,15-17H2,(H2,25,26,30). The Morgan fingerprint density at radius 1 is 0.967 bits per heavy atom. The molecule has 2 N–H and O–H groups in total. The maximum atomic E-state index is 12.8. The lowest BCUT2D eigenvalue weighted by molar-refractivity contribution is 0.0709. The first-order valence-corrected chi connectivity index (χ1v) is 10.2. The van der Waals surface area contributed by atoms with Gasteiger partial charge in [-0.2, -0.15) is 5.10 Å². The highest BCUT2D eigenvalue weighted by Crippen LogP contribution is 2.15. The topological polar surface area (TPSA) is 79.3 Å². The average Bonchev–Trinajstić information content (AvgIpc) is 3.28. The second-order valence-electron chi connectivity index (χ2n) is 7.43. The summed E-state index contributed by atoms with van der Waals surface area (Å²) >= 11 is 0. The number of aromatic nitrogens is 2. The lowest BCUT2D eigenvalue weighted by atomic mass is 10.0. The van der Waals surface area contributed by atoms with E-state index < -0.39 is 0 Å². The fourth-order valence-corrected chi connectivity index (χ4v) is 3.62. The quantitative estimate of drug-likeness (QED) is 0.686. The zero-order valence-electron chi connectivity index (χ0n) is 16.7. The summed E-state index contributed by atoms with van der Waals surface area (Å²) in [5.41, 5.74) is 2.55. The number of rotatable bonds is 5. The summed E-state index contributed by atoms with van der Waals surface area (Å²) in [6.07, 6.45) is 5.15. The summed E-state index contributed by atoms with van der Waals surface area (Å²) in [5, 5.41) is 10.0. The molecule has 1 aromatic heterocycles. The highest BCUT2D eigenvalue weighted by molar-refractivity contribution is 5.94. The van der Waals surface area contributed by atoms with Crippen LogP contribution in [0.1, 0.15) is 28.8 Å². The van der Waals surface area contributed by atoms with Crippen LogP contribution in [0.25, 0.3) is 0 Å². The number of likely N-dealkylation sites (tertiary alicyclic amines) is 1. The van der Waals surface area contributed by atoms with Crippen LogP contribution in [0, 0.1) is 0 Å². The van der Waals surface area contributed by atoms with Gasteiger partial charge in [0.25, 0.3) is 5.91 Å². The molecule has 3 aromatic rings. The minimum Gasteiger partial charge on any atom is -0.338 e. The Morgan fingerprint density at radius 2 is 1.70 bits per heavy atom. The van der Waals surface area contributed by atoms with Crippen molar-refractivity contribution in [1.82, 2.24) is 20.0 Å². The lowest BCUT2D eigenvalue weighted by Crippen LogP contribution is -2.47. The van der Waals surface area contributed by atoms with Gasteiger partial charge < -0.3 is 15.5 Å². The number of urea groups is 1. The molecule has 2 heterocycles. The van der Waals surface area contributed by atoms with E-state index in [4.69, 9.17) is 0 Å². The van der Waals surface area contributed by atoms with Crippen LogP contribution in [0.3, 0.4) is 0 Å². The highest BCUT2D eigenvalue weighted by atomic mass is 16.2. The van der Waals surface area contributed by atoms with Crippen LogP contribution in [0.4, 0.5) is 10.5 Å². The van der Waals surface area contributed by atoms with Gasteiger partial charge in [-0.05, 0) is 48.7 Å². The molecule has 0 saturated carbocycles. The number of carbonyl (C=O) groups excluding carboxylic acids is 2. The molecule has 1 aliphatic rings. The Hall–Kier alpha value is -3.61. The number of para-hydroxylation sites is 1.